The topological polar surface area (TPSA) is 20.3 Å². The molecule has 1 aliphatic carbocycles. The van der Waals surface area contributed by atoms with Gasteiger partial charge in [-0.15, -0.1) is 0 Å². The van der Waals surface area contributed by atoms with Gasteiger partial charge in [0.05, 0.1) is 5.54 Å². The molecule has 0 atom stereocenters. The molecule has 0 unspecified atom stereocenters. The first-order chi connectivity index (χ1) is 9.45. The minimum Gasteiger partial charge on any atom is -0.297 e. The number of hydrogen-bond donors (Lipinski definition) is 0. The lowest BCUT2D eigenvalue weighted by Crippen LogP contribution is -2.53. The third-order valence-electron chi connectivity index (χ3n) is 4.42. The van der Waals surface area contributed by atoms with Gasteiger partial charge in [-0.25, -0.2) is 4.39 Å². The third-order valence-corrected chi connectivity index (χ3v) is 4.77. The van der Waals surface area contributed by atoms with Crippen molar-refractivity contribution in [3.05, 3.63) is 34.6 Å². The highest BCUT2D eigenvalue weighted by Crippen LogP contribution is 2.34. The molecule has 110 valence electrons. The first-order valence-corrected chi connectivity index (χ1v) is 7.48. The summed E-state index contributed by atoms with van der Waals surface area (Å²) in [4.78, 5) is 14.8. The van der Waals surface area contributed by atoms with Gasteiger partial charge in [-0.3, -0.25) is 9.69 Å². The van der Waals surface area contributed by atoms with Crippen LogP contribution >= 0.6 is 11.6 Å². The number of hydrogen-bond acceptors (Lipinski definition) is 2. The fourth-order valence-corrected chi connectivity index (χ4v) is 3.35. The van der Waals surface area contributed by atoms with E-state index in [-0.39, 0.29) is 23.6 Å². The molecular weight excluding hydrogens is 277 g/mol. The SMILES string of the molecule is CN(C)C1(C(=O)Cc2ccc(F)cc2Cl)CCCCC1. The monoisotopic (exact) mass is 297 g/mol. The summed E-state index contributed by atoms with van der Waals surface area (Å²) < 4.78 is 13.1. The third kappa shape index (κ3) is 3.04. The van der Waals surface area contributed by atoms with Crippen LogP contribution in [0, 0.1) is 5.82 Å². The van der Waals surface area contributed by atoms with Crippen LogP contribution in [0.4, 0.5) is 4.39 Å². The van der Waals surface area contributed by atoms with E-state index in [0.29, 0.717) is 10.6 Å². The Balaban J connectivity index is 2.20. The van der Waals surface area contributed by atoms with Gasteiger partial charge in [-0.1, -0.05) is 36.9 Å². The largest absolute Gasteiger partial charge is 0.297 e. The molecule has 0 N–H and O–H groups in total. The van der Waals surface area contributed by atoms with Crippen LogP contribution in [0.1, 0.15) is 37.7 Å². The van der Waals surface area contributed by atoms with Gasteiger partial charge in [0.1, 0.15) is 5.82 Å². The van der Waals surface area contributed by atoms with Gasteiger partial charge in [0.2, 0.25) is 0 Å². The van der Waals surface area contributed by atoms with E-state index in [2.05, 4.69) is 0 Å². The number of carbonyl (C=O) groups is 1. The lowest BCUT2D eigenvalue weighted by molar-refractivity contribution is -0.131. The average Bonchev–Trinajstić information content (AvgIpc) is 2.42. The van der Waals surface area contributed by atoms with Crippen LogP contribution in [-0.2, 0) is 11.2 Å². The summed E-state index contributed by atoms with van der Waals surface area (Å²) in [5.74, 6) is -0.179. The summed E-state index contributed by atoms with van der Waals surface area (Å²) in [7, 11) is 3.94. The van der Waals surface area contributed by atoms with E-state index in [1.165, 1.54) is 18.6 Å². The first kappa shape index (κ1) is 15.5. The fraction of sp³-hybridized carbons (Fsp3) is 0.562. The second kappa shape index (κ2) is 6.23. The Morgan fingerprint density at radius 1 is 1.30 bits per heavy atom. The number of ketones is 1. The van der Waals surface area contributed by atoms with Crippen molar-refractivity contribution in [1.82, 2.24) is 4.90 Å². The summed E-state index contributed by atoms with van der Waals surface area (Å²) in [6.07, 6.45) is 5.44. The summed E-state index contributed by atoms with van der Waals surface area (Å²) in [6.45, 7) is 0. The molecular formula is C16H21ClFNO. The Kier molecular flexibility index (Phi) is 4.82. The van der Waals surface area contributed by atoms with Crippen molar-refractivity contribution in [3.63, 3.8) is 0 Å². The van der Waals surface area contributed by atoms with Crippen molar-refractivity contribution in [2.75, 3.05) is 14.1 Å². The summed E-state index contributed by atoms with van der Waals surface area (Å²) in [6, 6.07) is 4.24. The van der Waals surface area contributed by atoms with Gasteiger partial charge in [0.15, 0.2) is 5.78 Å². The van der Waals surface area contributed by atoms with E-state index in [0.717, 1.165) is 25.7 Å². The Hall–Kier alpha value is -0.930. The summed E-state index contributed by atoms with van der Waals surface area (Å²) >= 11 is 6.03. The highest BCUT2D eigenvalue weighted by atomic mass is 35.5. The quantitative estimate of drug-likeness (QED) is 0.841. The molecule has 0 amide bonds. The molecule has 1 aromatic rings. The summed E-state index contributed by atoms with van der Waals surface area (Å²) in [5, 5.41) is 0.336. The number of Topliss-reactive ketones (excluding diaryl/α,β-unsaturated/α-hetero) is 1. The zero-order chi connectivity index (χ0) is 14.8. The summed E-state index contributed by atoms with van der Waals surface area (Å²) in [5.41, 5.74) is 0.334. The number of nitrogens with zero attached hydrogens (tertiary/aromatic N) is 1. The fourth-order valence-electron chi connectivity index (χ4n) is 3.11. The number of likely N-dealkylation sites (N-methyl/N-ethyl adjacent to an activating group) is 1. The standard InChI is InChI=1S/C16H21ClFNO/c1-19(2)16(8-4-3-5-9-16)15(20)10-12-6-7-13(18)11-14(12)17/h6-7,11H,3-5,8-10H2,1-2H3. The van der Waals surface area contributed by atoms with Crippen molar-refractivity contribution in [2.45, 2.75) is 44.1 Å². The molecule has 1 fully saturated rings. The van der Waals surface area contributed by atoms with E-state index in [9.17, 15) is 9.18 Å². The van der Waals surface area contributed by atoms with Crippen LogP contribution in [-0.4, -0.2) is 30.3 Å². The lowest BCUT2D eigenvalue weighted by Gasteiger charge is -2.41. The van der Waals surface area contributed by atoms with Crippen molar-refractivity contribution in [3.8, 4) is 0 Å². The van der Waals surface area contributed by atoms with Gasteiger partial charge in [-0.05, 0) is 44.6 Å². The van der Waals surface area contributed by atoms with E-state index >= 15 is 0 Å². The van der Waals surface area contributed by atoms with Gasteiger partial charge in [-0.2, -0.15) is 0 Å². The Labute approximate surface area is 124 Å². The van der Waals surface area contributed by atoms with Gasteiger partial charge in [0, 0.05) is 11.4 Å². The lowest BCUT2D eigenvalue weighted by atomic mass is 9.76. The van der Waals surface area contributed by atoms with Crippen LogP contribution in [0.5, 0.6) is 0 Å². The van der Waals surface area contributed by atoms with Crippen LogP contribution < -0.4 is 0 Å². The highest BCUT2D eigenvalue weighted by Gasteiger charge is 2.40. The van der Waals surface area contributed by atoms with Crippen molar-refractivity contribution < 1.29 is 9.18 Å². The number of carbonyl (C=O) groups excluding carboxylic acids is 1. The minimum atomic E-state index is -0.379. The molecule has 0 radical (unpaired) electrons. The molecule has 2 nitrogen and oxygen atoms in total. The molecule has 0 aromatic heterocycles. The van der Waals surface area contributed by atoms with E-state index in [1.54, 1.807) is 6.07 Å². The van der Waals surface area contributed by atoms with Crippen molar-refractivity contribution >= 4 is 17.4 Å². The van der Waals surface area contributed by atoms with Gasteiger partial charge < -0.3 is 0 Å². The Morgan fingerprint density at radius 2 is 1.95 bits per heavy atom. The van der Waals surface area contributed by atoms with E-state index in [4.69, 9.17) is 11.6 Å². The highest BCUT2D eigenvalue weighted by molar-refractivity contribution is 6.31. The first-order valence-electron chi connectivity index (χ1n) is 7.10. The Morgan fingerprint density at radius 3 is 2.50 bits per heavy atom. The molecule has 1 saturated carbocycles. The maximum absolute atomic E-state index is 13.1. The maximum atomic E-state index is 13.1. The van der Waals surface area contributed by atoms with Crippen LogP contribution in [0.15, 0.2) is 18.2 Å². The van der Waals surface area contributed by atoms with Crippen LogP contribution in [0.25, 0.3) is 0 Å². The second-order valence-corrected chi connectivity index (χ2v) is 6.23. The molecule has 1 aromatic carbocycles. The van der Waals surface area contributed by atoms with Gasteiger partial charge in [0.25, 0.3) is 0 Å². The predicted octanol–water partition coefficient (Wildman–Crippen LogP) is 3.86. The number of benzene rings is 1. The molecule has 0 saturated heterocycles. The molecule has 4 heteroatoms. The van der Waals surface area contributed by atoms with E-state index < -0.39 is 0 Å². The predicted molar refractivity (Wildman–Crippen MR) is 79.6 cm³/mol. The molecule has 1 aliphatic rings. The molecule has 0 aliphatic heterocycles. The van der Waals surface area contributed by atoms with Crippen molar-refractivity contribution in [2.24, 2.45) is 0 Å². The van der Waals surface area contributed by atoms with Crippen LogP contribution in [0.3, 0.4) is 0 Å². The molecule has 0 spiro atoms. The number of halogens is 2. The minimum absolute atomic E-state index is 0.190. The van der Waals surface area contributed by atoms with Crippen molar-refractivity contribution in [1.29, 1.82) is 0 Å². The van der Waals surface area contributed by atoms with Crippen LogP contribution in [0.2, 0.25) is 5.02 Å². The molecule has 20 heavy (non-hydrogen) atoms. The number of rotatable bonds is 4. The molecule has 2 rings (SSSR count). The zero-order valence-electron chi connectivity index (χ0n) is 12.1. The maximum Gasteiger partial charge on any atom is 0.157 e. The van der Waals surface area contributed by atoms with E-state index in [1.807, 2.05) is 19.0 Å². The average molecular weight is 298 g/mol. The Bertz CT molecular complexity index is 495. The smallest absolute Gasteiger partial charge is 0.157 e. The normalized spacial score (nSPS) is 18.2. The zero-order valence-corrected chi connectivity index (χ0v) is 12.8. The second-order valence-electron chi connectivity index (χ2n) is 5.82. The molecule has 0 bridgehead atoms. The van der Waals surface area contributed by atoms with Gasteiger partial charge >= 0.3 is 0 Å². The molecule has 0 heterocycles.